The Kier molecular flexibility index (Phi) is 8.85. The van der Waals surface area contributed by atoms with Crippen molar-refractivity contribution >= 4 is 5.97 Å². The lowest BCUT2D eigenvalue weighted by atomic mass is 10.0. The molecule has 0 heterocycles. The molecule has 1 aromatic carbocycles. The van der Waals surface area contributed by atoms with Gasteiger partial charge in [0.05, 0.1) is 0 Å². The molecular formula is C22H30O2. The van der Waals surface area contributed by atoms with E-state index in [0.29, 0.717) is 5.75 Å². The van der Waals surface area contributed by atoms with Gasteiger partial charge in [-0.2, -0.15) is 0 Å². The van der Waals surface area contributed by atoms with E-state index >= 15 is 0 Å². The second-order valence-electron chi connectivity index (χ2n) is 6.59. The number of benzene rings is 1. The van der Waals surface area contributed by atoms with E-state index in [1.54, 1.807) is 18.2 Å². The smallest absolute Gasteiger partial charge is 0.336 e. The maximum Gasteiger partial charge on any atom is 0.336 e. The molecule has 1 aromatic rings. The third kappa shape index (κ3) is 8.52. The fourth-order valence-electron chi connectivity index (χ4n) is 2.19. The van der Waals surface area contributed by atoms with Gasteiger partial charge in [-0.25, -0.2) is 4.79 Å². The summed E-state index contributed by atoms with van der Waals surface area (Å²) in [5.41, 5.74) is 5.34. The van der Waals surface area contributed by atoms with Crippen LogP contribution in [-0.2, 0) is 4.79 Å². The minimum absolute atomic E-state index is 0.307. The number of esters is 1. The lowest BCUT2D eigenvalue weighted by molar-refractivity contribution is -0.129. The van der Waals surface area contributed by atoms with Crippen molar-refractivity contribution in [3.8, 4) is 5.75 Å². The highest BCUT2D eigenvalue weighted by Gasteiger charge is 2.01. The molecule has 0 bridgehead atoms. The van der Waals surface area contributed by atoms with E-state index in [-0.39, 0.29) is 5.97 Å². The molecule has 0 spiro atoms. The van der Waals surface area contributed by atoms with Gasteiger partial charge in [-0.1, -0.05) is 46.6 Å². The van der Waals surface area contributed by atoms with Crippen molar-refractivity contribution in [3.05, 3.63) is 64.8 Å². The van der Waals surface area contributed by atoms with Crippen molar-refractivity contribution in [3.63, 3.8) is 0 Å². The van der Waals surface area contributed by atoms with Crippen LogP contribution in [0, 0.1) is 0 Å². The van der Waals surface area contributed by atoms with Crippen LogP contribution >= 0.6 is 0 Å². The summed E-state index contributed by atoms with van der Waals surface area (Å²) in [5, 5.41) is 0. The zero-order valence-corrected chi connectivity index (χ0v) is 15.7. The van der Waals surface area contributed by atoms with E-state index in [1.807, 2.05) is 25.1 Å². The molecule has 1 rings (SSSR count). The van der Waals surface area contributed by atoms with Crippen LogP contribution < -0.4 is 4.74 Å². The molecule has 0 fully saturated rings. The SMILES string of the molecule is CC(C)=C(C)CC/C(C)=C/CC/C(C)=C/C(=O)Oc1ccccc1. The summed E-state index contributed by atoms with van der Waals surface area (Å²) >= 11 is 0. The minimum atomic E-state index is -0.307. The largest absolute Gasteiger partial charge is 0.423 e. The molecule has 2 heteroatoms. The number of rotatable bonds is 8. The first-order valence-corrected chi connectivity index (χ1v) is 8.61. The van der Waals surface area contributed by atoms with Crippen LogP contribution in [0.4, 0.5) is 0 Å². The van der Waals surface area contributed by atoms with Gasteiger partial charge in [0.15, 0.2) is 0 Å². The molecule has 2 nitrogen and oxygen atoms in total. The molecule has 0 saturated carbocycles. The predicted molar refractivity (Wildman–Crippen MR) is 102 cm³/mol. The van der Waals surface area contributed by atoms with Crippen LogP contribution in [0.25, 0.3) is 0 Å². The second-order valence-corrected chi connectivity index (χ2v) is 6.59. The first-order valence-electron chi connectivity index (χ1n) is 8.61. The van der Waals surface area contributed by atoms with Crippen molar-refractivity contribution < 1.29 is 9.53 Å². The molecule has 0 amide bonds. The Morgan fingerprint density at radius 1 is 0.917 bits per heavy atom. The summed E-state index contributed by atoms with van der Waals surface area (Å²) in [6.45, 7) is 10.7. The van der Waals surface area contributed by atoms with Gasteiger partial charge in [0.1, 0.15) is 5.75 Å². The third-order valence-electron chi connectivity index (χ3n) is 4.11. The number of allylic oxidation sites excluding steroid dienone is 5. The molecule has 0 N–H and O–H groups in total. The van der Waals surface area contributed by atoms with Crippen LogP contribution in [0.15, 0.2) is 64.8 Å². The van der Waals surface area contributed by atoms with Gasteiger partial charge in [0.25, 0.3) is 0 Å². The van der Waals surface area contributed by atoms with E-state index in [9.17, 15) is 4.79 Å². The Balaban J connectivity index is 2.39. The van der Waals surface area contributed by atoms with E-state index in [0.717, 1.165) is 31.3 Å². The summed E-state index contributed by atoms with van der Waals surface area (Å²) < 4.78 is 5.26. The van der Waals surface area contributed by atoms with Crippen molar-refractivity contribution in [1.29, 1.82) is 0 Å². The molecule has 0 aromatic heterocycles. The van der Waals surface area contributed by atoms with Gasteiger partial charge in [-0.15, -0.1) is 0 Å². The number of para-hydroxylation sites is 1. The molecule has 0 aliphatic carbocycles. The van der Waals surface area contributed by atoms with Gasteiger partial charge < -0.3 is 4.74 Å². The van der Waals surface area contributed by atoms with Crippen molar-refractivity contribution in [2.24, 2.45) is 0 Å². The fourth-order valence-corrected chi connectivity index (χ4v) is 2.19. The maximum atomic E-state index is 11.8. The summed E-state index contributed by atoms with van der Waals surface area (Å²) in [4.78, 5) is 11.8. The number of hydrogen-bond acceptors (Lipinski definition) is 2. The Labute approximate surface area is 146 Å². The van der Waals surface area contributed by atoms with Gasteiger partial charge in [-0.3, -0.25) is 0 Å². The minimum Gasteiger partial charge on any atom is -0.423 e. The molecule has 0 saturated heterocycles. The number of carbonyl (C=O) groups is 1. The van der Waals surface area contributed by atoms with Crippen LogP contribution in [-0.4, -0.2) is 5.97 Å². The molecule has 0 aliphatic rings. The average molecular weight is 326 g/mol. The zero-order chi connectivity index (χ0) is 17.9. The number of carbonyl (C=O) groups excluding carboxylic acids is 1. The lowest BCUT2D eigenvalue weighted by Crippen LogP contribution is -2.04. The Hall–Kier alpha value is -2.09. The van der Waals surface area contributed by atoms with Crippen molar-refractivity contribution in [2.45, 2.75) is 60.3 Å². The molecule has 130 valence electrons. The molecule has 0 radical (unpaired) electrons. The predicted octanol–water partition coefficient (Wildman–Crippen LogP) is 6.40. The lowest BCUT2D eigenvalue weighted by Gasteiger charge is -2.05. The zero-order valence-electron chi connectivity index (χ0n) is 15.7. The van der Waals surface area contributed by atoms with Crippen LogP contribution in [0.2, 0.25) is 0 Å². The maximum absolute atomic E-state index is 11.8. The molecule has 0 atom stereocenters. The van der Waals surface area contributed by atoms with Crippen LogP contribution in [0.5, 0.6) is 5.75 Å². The van der Waals surface area contributed by atoms with E-state index < -0.39 is 0 Å². The normalized spacial score (nSPS) is 12.0. The molecule has 24 heavy (non-hydrogen) atoms. The topological polar surface area (TPSA) is 26.3 Å². The third-order valence-corrected chi connectivity index (χ3v) is 4.11. The molecular weight excluding hydrogens is 296 g/mol. The fraction of sp³-hybridized carbons (Fsp3) is 0.409. The molecule has 0 unspecified atom stereocenters. The van der Waals surface area contributed by atoms with E-state index in [1.165, 1.54) is 16.7 Å². The highest BCUT2D eigenvalue weighted by Crippen LogP contribution is 2.16. The van der Waals surface area contributed by atoms with E-state index in [2.05, 4.69) is 33.8 Å². The number of hydrogen-bond donors (Lipinski definition) is 0. The average Bonchev–Trinajstić information content (AvgIpc) is 2.53. The van der Waals surface area contributed by atoms with Crippen LogP contribution in [0.1, 0.15) is 60.3 Å². The first-order chi connectivity index (χ1) is 11.4. The highest BCUT2D eigenvalue weighted by atomic mass is 16.5. The standard InChI is InChI=1S/C22H30O2/c1-17(2)20(5)15-14-18(3)10-9-11-19(4)16-22(23)24-21-12-7-6-8-13-21/h6-8,10,12-13,16H,9,11,14-15H2,1-5H3/b18-10+,19-16+. The van der Waals surface area contributed by atoms with Crippen molar-refractivity contribution in [1.82, 2.24) is 0 Å². The Bertz CT molecular complexity index is 615. The number of ether oxygens (including phenoxy) is 1. The molecule has 0 aliphatic heterocycles. The summed E-state index contributed by atoms with van der Waals surface area (Å²) in [6, 6.07) is 9.16. The monoisotopic (exact) mass is 326 g/mol. The quantitative estimate of drug-likeness (QED) is 0.239. The Morgan fingerprint density at radius 3 is 2.21 bits per heavy atom. The van der Waals surface area contributed by atoms with Gasteiger partial charge in [0, 0.05) is 6.08 Å². The van der Waals surface area contributed by atoms with Gasteiger partial charge in [-0.05, 0) is 72.4 Å². The van der Waals surface area contributed by atoms with Crippen LogP contribution in [0.3, 0.4) is 0 Å². The summed E-state index contributed by atoms with van der Waals surface area (Å²) in [6.07, 6.45) is 7.93. The van der Waals surface area contributed by atoms with Gasteiger partial charge in [0.2, 0.25) is 0 Å². The second kappa shape index (κ2) is 10.6. The van der Waals surface area contributed by atoms with E-state index in [4.69, 9.17) is 4.74 Å². The summed E-state index contributed by atoms with van der Waals surface area (Å²) in [5.74, 6) is 0.274. The highest BCUT2D eigenvalue weighted by molar-refractivity contribution is 5.84. The Morgan fingerprint density at radius 2 is 1.58 bits per heavy atom. The summed E-state index contributed by atoms with van der Waals surface area (Å²) in [7, 11) is 0. The van der Waals surface area contributed by atoms with Gasteiger partial charge >= 0.3 is 5.97 Å². The van der Waals surface area contributed by atoms with Crippen molar-refractivity contribution in [2.75, 3.05) is 0 Å². The first kappa shape index (κ1) is 20.0.